The van der Waals surface area contributed by atoms with Crippen molar-refractivity contribution in [2.24, 2.45) is 11.0 Å². The highest BCUT2D eigenvalue weighted by Gasteiger charge is 2.43. The molecule has 3 rings (SSSR count). The smallest absolute Gasteiger partial charge is 0.273 e. The van der Waals surface area contributed by atoms with Crippen molar-refractivity contribution >= 4 is 12.1 Å². The molecule has 2 atom stereocenters. The van der Waals surface area contributed by atoms with Crippen LogP contribution in [0.3, 0.4) is 0 Å². The molecule has 1 saturated carbocycles. The van der Waals surface area contributed by atoms with E-state index in [2.05, 4.69) is 10.5 Å². The molecular formula is C18H14F4N2O. The predicted octanol–water partition coefficient (Wildman–Crippen LogP) is 4.10. The lowest BCUT2D eigenvalue weighted by atomic mass is 10.1. The van der Waals surface area contributed by atoms with E-state index in [0.29, 0.717) is 6.42 Å². The molecule has 0 heterocycles. The van der Waals surface area contributed by atoms with E-state index in [1.54, 1.807) is 12.1 Å². The van der Waals surface area contributed by atoms with Gasteiger partial charge in [-0.25, -0.2) is 9.82 Å². The Bertz CT molecular complexity index is 799. The van der Waals surface area contributed by atoms with Crippen molar-refractivity contribution in [2.45, 2.75) is 18.5 Å². The van der Waals surface area contributed by atoms with Gasteiger partial charge in [0.15, 0.2) is 0 Å². The van der Waals surface area contributed by atoms with Gasteiger partial charge in [-0.15, -0.1) is 0 Å². The van der Waals surface area contributed by atoms with Crippen molar-refractivity contribution < 1.29 is 22.4 Å². The maximum absolute atomic E-state index is 12.9. The van der Waals surface area contributed by atoms with Crippen LogP contribution < -0.4 is 5.43 Å². The third-order valence-corrected chi connectivity index (χ3v) is 4.03. The number of nitrogens with one attached hydrogen (secondary N) is 1. The molecule has 1 amide bonds. The van der Waals surface area contributed by atoms with Crippen LogP contribution in [0.25, 0.3) is 0 Å². The number of benzene rings is 2. The number of carbonyl (C=O) groups excluding carboxylic acids is 1. The Morgan fingerprint density at radius 2 is 1.88 bits per heavy atom. The Hall–Kier alpha value is -2.70. The molecule has 3 nitrogen and oxygen atoms in total. The summed E-state index contributed by atoms with van der Waals surface area (Å²) in [6.45, 7) is 0. The first-order valence-corrected chi connectivity index (χ1v) is 7.60. The van der Waals surface area contributed by atoms with Gasteiger partial charge in [0.1, 0.15) is 5.82 Å². The van der Waals surface area contributed by atoms with Gasteiger partial charge in [0.25, 0.3) is 0 Å². The zero-order chi connectivity index (χ0) is 18.0. The Morgan fingerprint density at radius 3 is 2.56 bits per heavy atom. The van der Waals surface area contributed by atoms with E-state index in [9.17, 15) is 22.4 Å². The van der Waals surface area contributed by atoms with Crippen molar-refractivity contribution in [3.05, 3.63) is 71.0 Å². The average Bonchev–Trinajstić information content (AvgIpc) is 3.36. The van der Waals surface area contributed by atoms with E-state index < -0.39 is 11.7 Å². The number of amides is 1. The summed E-state index contributed by atoms with van der Waals surface area (Å²) in [5, 5.41) is 3.72. The lowest BCUT2D eigenvalue weighted by Crippen LogP contribution is -2.20. The minimum absolute atomic E-state index is 0.0179. The number of halogens is 4. The standard InChI is InChI=1S/C18H14F4N2O/c19-14-6-4-12(5-7-14)15-9-16(15)17(25)24-23-10-11-2-1-3-13(8-11)18(20,21)22/h1-8,10,15-16H,9H2,(H,24,25)/b23-10+. The molecule has 1 N–H and O–H groups in total. The van der Waals surface area contributed by atoms with Gasteiger partial charge in [0.2, 0.25) is 5.91 Å². The Labute approximate surface area is 141 Å². The van der Waals surface area contributed by atoms with Crippen LogP contribution in [0.5, 0.6) is 0 Å². The van der Waals surface area contributed by atoms with Crippen LogP contribution in [-0.2, 0) is 11.0 Å². The van der Waals surface area contributed by atoms with E-state index in [1.165, 1.54) is 30.5 Å². The van der Waals surface area contributed by atoms with E-state index in [4.69, 9.17) is 0 Å². The highest BCUT2D eigenvalue weighted by atomic mass is 19.4. The molecule has 0 bridgehead atoms. The number of hydrazone groups is 1. The van der Waals surface area contributed by atoms with Crippen LogP contribution in [0, 0.1) is 11.7 Å². The average molecular weight is 350 g/mol. The molecule has 1 aliphatic rings. The molecule has 0 saturated heterocycles. The van der Waals surface area contributed by atoms with Crippen molar-refractivity contribution in [2.75, 3.05) is 0 Å². The lowest BCUT2D eigenvalue weighted by Gasteiger charge is -2.06. The Balaban J connectivity index is 1.56. The number of alkyl halides is 3. The summed E-state index contributed by atoms with van der Waals surface area (Å²) in [6, 6.07) is 10.6. The first-order valence-electron chi connectivity index (χ1n) is 7.60. The summed E-state index contributed by atoms with van der Waals surface area (Å²) in [4.78, 5) is 12.0. The third kappa shape index (κ3) is 4.23. The van der Waals surface area contributed by atoms with Gasteiger partial charge in [-0.3, -0.25) is 4.79 Å². The first kappa shape index (κ1) is 17.1. The third-order valence-electron chi connectivity index (χ3n) is 4.03. The van der Waals surface area contributed by atoms with Gasteiger partial charge in [-0.05, 0) is 47.7 Å². The summed E-state index contributed by atoms with van der Waals surface area (Å²) < 4.78 is 50.8. The summed E-state index contributed by atoms with van der Waals surface area (Å²) in [5.74, 6) is -0.887. The fourth-order valence-corrected chi connectivity index (χ4v) is 2.61. The molecule has 0 aliphatic heterocycles. The lowest BCUT2D eigenvalue weighted by molar-refractivity contribution is -0.137. The largest absolute Gasteiger partial charge is 0.416 e. The molecule has 2 unspecified atom stereocenters. The van der Waals surface area contributed by atoms with Crippen molar-refractivity contribution in [1.82, 2.24) is 5.43 Å². The molecule has 0 aromatic heterocycles. The first-order chi connectivity index (χ1) is 11.8. The second-order valence-electron chi connectivity index (χ2n) is 5.86. The number of nitrogens with zero attached hydrogens (tertiary/aromatic N) is 1. The van der Waals surface area contributed by atoms with E-state index >= 15 is 0 Å². The zero-order valence-electron chi connectivity index (χ0n) is 12.9. The Morgan fingerprint density at radius 1 is 1.16 bits per heavy atom. The minimum atomic E-state index is -4.43. The van der Waals surface area contributed by atoms with Crippen molar-refractivity contribution in [3.8, 4) is 0 Å². The summed E-state index contributed by atoms with van der Waals surface area (Å²) in [5.41, 5.74) is 2.68. The van der Waals surface area contributed by atoms with Crippen molar-refractivity contribution in [1.29, 1.82) is 0 Å². The van der Waals surface area contributed by atoms with Crippen LogP contribution in [0.1, 0.15) is 29.0 Å². The van der Waals surface area contributed by atoms with Crippen LogP contribution in [0.2, 0.25) is 0 Å². The maximum atomic E-state index is 12.9. The monoisotopic (exact) mass is 350 g/mol. The molecule has 0 spiro atoms. The number of carbonyl (C=O) groups is 1. The molecule has 7 heteroatoms. The van der Waals surface area contributed by atoms with Gasteiger partial charge < -0.3 is 0 Å². The normalized spacial score (nSPS) is 19.8. The summed E-state index contributed by atoms with van der Waals surface area (Å²) in [7, 11) is 0. The zero-order valence-corrected chi connectivity index (χ0v) is 12.9. The predicted molar refractivity (Wildman–Crippen MR) is 84.4 cm³/mol. The summed E-state index contributed by atoms with van der Waals surface area (Å²) in [6.07, 6.45) is -2.62. The van der Waals surface area contributed by atoms with Gasteiger partial charge in [0.05, 0.1) is 11.8 Å². The highest BCUT2D eigenvalue weighted by molar-refractivity contribution is 5.85. The summed E-state index contributed by atoms with van der Waals surface area (Å²) >= 11 is 0. The molecular weight excluding hydrogens is 336 g/mol. The number of hydrogen-bond donors (Lipinski definition) is 1. The SMILES string of the molecule is O=C(N/N=C/c1cccc(C(F)(F)F)c1)C1CC1c1ccc(F)cc1. The van der Waals surface area contributed by atoms with Crippen LogP contribution in [0.15, 0.2) is 53.6 Å². The van der Waals surface area contributed by atoms with Crippen LogP contribution >= 0.6 is 0 Å². The van der Waals surface area contributed by atoms with Crippen LogP contribution in [-0.4, -0.2) is 12.1 Å². The van der Waals surface area contributed by atoms with Crippen LogP contribution in [0.4, 0.5) is 17.6 Å². The number of hydrogen-bond acceptors (Lipinski definition) is 2. The van der Waals surface area contributed by atoms with Gasteiger partial charge in [-0.2, -0.15) is 18.3 Å². The molecule has 1 aliphatic carbocycles. The van der Waals surface area contributed by atoms with E-state index in [0.717, 1.165) is 17.7 Å². The van der Waals surface area contributed by atoms with E-state index in [-0.39, 0.29) is 29.1 Å². The molecule has 0 radical (unpaired) electrons. The second-order valence-corrected chi connectivity index (χ2v) is 5.86. The Kier molecular flexibility index (Phi) is 4.57. The minimum Gasteiger partial charge on any atom is -0.273 e. The second kappa shape index (κ2) is 6.66. The van der Waals surface area contributed by atoms with Gasteiger partial charge in [-0.1, -0.05) is 24.3 Å². The molecule has 130 valence electrons. The highest BCUT2D eigenvalue weighted by Crippen LogP contribution is 2.47. The topological polar surface area (TPSA) is 41.5 Å². The quantitative estimate of drug-likeness (QED) is 0.503. The molecule has 25 heavy (non-hydrogen) atoms. The van der Waals surface area contributed by atoms with E-state index in [1.807, 2.05) is 0 Å². The fourth-order valence-electron chi connectivity index (χ4n) is 2.61. The maximum Gasteiger partial charge on any atom is 0.416 e. The fraction of sp³-hybridized carbons (Fsp3) is 0.222. The van der Waals surface area contributed by atoms with Gasteiger partial charge in [0, 0.05) is 5.92 Å². The molecule has 1 fully saturated rings. The van der Waals surface area contributed by atoms with Crippen molar-refractivity contribution in [3.63, 3.8) is 0 Å². The number of rotatable bonds is 4. The van der Waals surface area contributed by atoms with Gasteiger partial charge >= 0.3 is 6.18 Å². The molecule has 2 aromatic rings. The molecule has 2 aromatic carbocycles.